The normalized spacial score (nSPS) is 10.8. The highest BCUT2D eigenvalue weighted by molar-refractivity contribution is 5.91. The smallest absolute Gasteiger partial charge is 0.192 e. The average molecular weight is 339 g/mol. The number of hydrogen-bond donors (Lipinski definition) is 0. The van der Waals surface area contributed by atoms with E-state index in [1.807, 2.05) is 73.3 Å². The van der Waals surface area contributed by atoms with Crippen LogP contribution in [0.1, 0.15) is 16.8 Å². The van der Waals surface area contributed by atoms with E-state index in [4.69, 9.17) is 11.7 Å². The van der Waals surface area contributed by atoms with Gasteiger partial charge in [-0.15, -0.1) is 0 Å². The molecule has 2 heterocycles. The highest BCUT2D eigenvalue weighted by atomic mass is 15.3. The first-order valence-electron chi connectivity index (χ1n) is 8.39. The maximum Gasteiger partial charge on any atom is 0.192 e. The lowest BCUT2D eigenvalue weighted by atomic mass is 10.1. The zero-order chi connectivity index (χ0) is 18.1. The minimum Gasteiger partial charge on any atom is -0.261 e. The number of para-hydroxylation sites is 2. The van der Waals surface area contributed by atoms with Crippen LogP contribution in [0.2, 0.25) is 0 Å². The fraction of sp³-hybridized carbons (Fsp3) is 0.143. The number of fused-ring (bicyclic) bond motifs is 1. The van der Waals surface area contributed by atoms with Crippen molar-refractivity contribution in [3.05, 3.63) is 83.0 Å². The van der Waals surface area contributed by atoms with Gasteiger partial charge in [0, 0.05) is 17.3 Å². The van der Waals surface area contributed by atoms with Crippen LogP contribution in [-0.2, 0) is 6.54 Å². The lowest BCUT2D eigenvalue weighted by molar-refractivity contribution is 0.715. The van der Waals surface area contributed by atoms with Gasteiger partial charge in [-0.2, -0.15) is 5.10 Å². The van der Waals surface area contributed by atoms with Crippen molar-refractivity contribution in [1.82, 2.24) is 19.7 Å². The lowest BCUT2D eigenvalue weighted by Crippen LogP contribution is -2.02. The van der Waals surface area contributed by atoms with Crippen molar-refractivity contribution in [1.29, 1.82) is 0 Å². The molecule has 26 heavy (non-hydrogen) atoms. The van der Waals surface area contributed by atoms with Crippen LogP contribution in [0.15, 0.2) is 54.7 Å². The average Bonchev–Trinajstić information content (AvgIpc) is 3.03. The van der Waals surface area contributed by atoms with Gasteiger partial charge in [0.1, 0.15) is 5.69 Å². The predicted octanol–water partition coefficient (Wildman–Crippen LogP) is 4.71. The largest absolute Gasteiger partial charge is 0.261 e. The Morgan fingerprint density at radius 3 is 2.62 bits per heavy atom. The fourth-order valence-electron chi connectivity index (χ4n) is 2.97. The molecule has 0 saturated heterocycles. The van der Waals surface area contributed by atoms with Crippen molar-refractivity contribution in [3.63, 3.8) is 0 Å². The molecule has 2 aromatic heterocycles. The molecule has 0 atom stereocenters. The third kappa shape index (κ3) is 2.72. The van der Waals surface area contributed by atoms with E-state index in [0.29, 0.717) is 18.1 Å². The maximum atomic E-state index is 7.37. The summed E-state index contributed by atoms with van der Waals surface area (Å²) < 4.78 is 1.92. The lowest BCUT2D eigenvalue weighted by Gasteiger charge is -2.05. The van der Waals surface area contributed by atoms with Crippen LogP contribution in [0.4, 0.5) is 5.69 Å². The number of aryl methyl sites for hydroxylation is 2. The number of nitrogens with zero attached hydrogens (tertiary/aromatic N) is 5. The highest BCUT2D eigenvalue weighted by Crippen LogP contribution is 2.28. The second-order valence-corrected chi connectivity index (χ2v) is 6.23. The van der Waals surface area contributed by atoms with Gasteiger partial charge in [0.05, 0.1) is 18.6 Å². The highest BCUT2D eigenvalue weighted by Gasteiger charge is 2.15. The minimum atomic E-state index is 0.532. The first kappa shape index (κ1) is 16.0. The van der Waals surface area contributed by atoms with Gasteiger partial charge in [-0.05, 0) is 31.0 Å². The van der Waals surface area contributed by atoms with Gasteiger partial charge in [0.25, 0.3) is 0 Å². The summed E-state index contributed by atoms with van der Waals surface area (Å²) in [6.45, 7) is 11.9. The van der Waals surface area contributed by atoms with E-state index in [-0.39, 0.29) is 0 Å². The molecule has 0 amide bonds. The quantitative estimate of drug-likeness (QED) is 0.508. The van der Waals surface area contributed by atoms with Gasteiger partial charge in [-0.25, -0.2) is 14.8 Å². The Morgan fingerprint density at radius 2 is 1.81 bits per heavy atom. The summed E-state index contributed by atoms with van der Waals surface area (Å²) >= 11 is 0. The van der Waals surface area contributed by atoms with Gasteiger partial charge in [-0.3, -0.25) is 4.68 Å². The molecule has 5 heteroatoms. The first-order chi connectivity index (χ1) is 12.7. The molecule has 0 aliphatic carbocycles. The molecule has 0 fully saturated rings. The summed E-state index contributed by atoms with van der Waals surface area (Å²) in [4.78, 5) is 12.7. The molecule has 0 unspecified atom stereocenters. The molecule has 0 bridgehead atoms. The van der Waals surface area contributed by atoms with E-state index >= 15 is 0 Å². The zero-order valence-corrected chi connectivity index (χ0v) is 14.6. The summed E-state index contributed by atoms with van der Waals surface area (Å²) in [7, 11) is 0. The van der Waals surface area contributed by atoms with Crippen LogP contribution in [0.25, 0.3) is 27.3 Å². The van der Waals surface area contributed by atoms with E-state index in [1.165, 1.54) is 0 Å². The van der Waals surface area contributed by atoms with E-state index in [2.05, 4.69) is 14.8 Å². The Hall–Kier alpha value is -3.52. The van der Waals surface area contributed by atoms with Crippen molar-refractivity contribution in [2.24, 2.45) is 0 Å². The SMILES string of the molecule is [C-]#[N+]c1ccccc1Cn1nc(-c2ncc(C)c(C)n2)c2ccccc21. The molecule has 5 nitrogen and oxygen atoms in total. The Balaban J connectivity index is 1.87. The van der Waals surface area contributed by atoms with Crippen molar-refractivity contribution in [2.75, 3.05) is 0 Å². The van der Waals surface area contributed by atoms with Gasteiger partial charge < -0.3 is 0 Å². The Morgan fingerprint density at radius 1 is 1.04 bits per heavy atom. The van der Waals surface area contributed by atoms with Crippen LogP contribution in [-0.4, -0.2) is 19.7 Å². The minimum absolute atomic E-state index is 0.532. The molecule has 126 valence electrons. The molecule has 0 radical (unpaired) electrons. The summed E-state index contributed by atoms with van der Waals surface area (Å²) in [5.41, 5.74) is 5.38. The Labute approximate surface area is 151 Å². The van der Waals surface area contributed by atoms with Gasteiger partial charge in [0.15, 0.2) is 11.5 Å². The summed E-state index contributed by atoms with van der Waals surface area (Å²) in [5, 5.41) is 5.80. The van der Waals surface area contributed by atoms with Gasteiger partial charge in [0.2, 0.25) is 0 Å². The monoisotopic (exact) mass is 339 g/mol. The van der Waals surface area contributed by atoms with Crippen molar-refractivity contribution in [2.45, 2.75) is 20.4 Å². The molecule has 0 aliphatic rings. The van der Waals surface area contributed by atoms with E-state index < -0.39 is 0 Å². The van der Waals surface area contributed by atoms with Gasteiger partial charge in [-0.1, -0.05) is 42.5 Å². The standard InChI is InChI=1S/C21H17N5/c1-14-12-23-21(24-15(14)2)20-17-9-5-7-11-19(17)26(25-20)13-16-8-4-6-10-18(16)22-3/h4-12H,13H2,1-2H3. The van der Waals surface area contributed by atoms with Crippen LogP contribution >= 0.6 is 0 Å². The Kier molecular flexibility index (Phi) is 3.94. The molecule has 2 aromatic carbocycles. The van der Waals surface area contributed by atoms with Crippen molar-refractivity contribution in [3.8, 4) is 11.5 Å². The topological polar surface area (TPSA) is 48.0 Å². The molecule has 0 N–H and O–H groups in total. The van der Waals surface area contributed by atoms with E-state index in [9.17, 15) is 0 Å². The van der Waals surface area contributed by atoms with Crippen LogP contribution in [0.3, 0.4) is 0 Å². The van der Waals surface area contributed by atoms with Crippen molar-refractivity contribution < 1.29 is 0 Å². The maximum absolute atomic E-state index is 7.37. The van der Waals surface area contributed by atoms with E-state index in [1.54, 1.807) is 0 Å². The zero-order valence-electron chi connectivity index (χ0n) is 14.6. The molecule has 0 saturated carbocycles. The second-order valence-electron chi connectivity index (χ2n) is 6.23. The molecule has 4 rings (SSSR count). The third-order valence-electron chi connectivity index (χ3n) is 4.53. The van der Waals surface area contributed by atoms with Gasteiger partial charge >= 0.3 is 0 Å². The second kappa shape index (κ2) is 6.41. The third-order valence-corrected chi connectivity index (χ3v) is 4.53. The van der Waals surface area contributed by atoms with Crippen LogP contribution < -0.4 is 0 Å². The predicted molar refractivity (Wildman–Crippen MR) is 102 cm³/mol. The van der Waals surface area contributed by atoms with Crippen molar-refractivity contribution >= 4 is 16.6 Å². The fourth-order valence-corrected chi connectivity index (χ4v) is 2.97. The van der Waals surface area contributed by atoms with Crippen LogP contribution in [0, 0.1) is 20.4 Å². The first-order valence-corrected chi connectivity index (χ1v) is 8.39. The molecule has 0 spiro atoms. The Bertz CT molecular complexity index is 1150. The number of benzene rings is 2. The number of rotatable bonds is 3. The summed E-state index contributed by atoms with van der Waals surface area (Å²) in [6, 6.07) is 15.7. The molecule has 4 aromatic rings. The number of hydrogen-bond acceptors (Lipinski definition) is 3. The van der Waals surface area contributed by atoms with Crippen LogP contribution in [0.5, 0.6) is 0 Å². The van der Waals surface area contributed by atoms with E-state index in [0.717, 1.165) is 33.4 Å². The molecule has 0 aliphatic heterocycles. The molecular weight excluding hydrogens is 322 g/mol. The summed E-state index contributed by atoms with van der Waals surface area (Å²) in [5.74, 6) is 0.626. The summed E-state index contributed by atoms with van der Waals surface area (Å²) in [6.07, 6.45) is 1.83. The molecular formula is C21H17N5. The number of aromatic nitrogens is 4.